The average Bonchev–Trinajstić information content (AvgIpc) is 2.97. The number of aryl methyl sites for hydroxylation is 1. The van der Waals surface area contributed by atoms with Gasteiger partial charge in [-0.25, -0.2) is 0 Å². The molecule has 0 aliphatic carbocycles. The summed E-state index contributed by atoms with van der Waals surface area (Å²) in [6, 6.07) is 15.2. The largest absolute Gasteiger partial charge is 0.497 e. The Balaban J connectivity index is 1.86. The van der Waals surface area contributed by atoms with Crippen molar-refractivity contribution in [3.05, 3.63) is 78.0 Å². The van der Waals surface area contributed by atoms with E-state index in [1.165, 1.54) is 6.08 Å². The number of amides is 3. The smallest absolute Gasteiger partial charge is 0.244 e. The molecule has 0 aromatic heterocycles. The number of benzene rings is 2. The number of carbonyl (C=O) groups is 3. The SMILES string of the molecule is CC=CN(CCCCN(CCCNC(=O)C=Cc1ccc(OC)cc1)C(=O)CCc1ccc(OC)cc1)C(C)=O. The summed E-state index contributed by atoms with van der Waals surface area (Å²) in [5.74, 6) is 1.45. The van der Waals surface area contributed by atoms with Crippen molar-refractivity contribution in [2.45, 2.75) is 46.0 Å². The van der Waals surface area contributed by atoms with E-state index in [9.17, 15) is 14.4 Å². The zero-order chi connectivity index (χ0) is 29.2. The number of nitrogens with one attached hydrogen (secondary N) is 1. The van der Waals surface area contributed by atoms with Crippen LogP contribution >= 0.6 is 0 Å². The van der Waals surface area contributed by atoms with Crippen LogP contribution in [0.4, 0.5) is 0 Å². The van der Waals surface area contributed by atoms with E-state index in [0.717, 1.165) is 35.5 Å². The number of ether oxygens (including phenoxy) is 2. The minimum absolute atomic E-state index is 0.00214. The van der Waals surface area contributed by atoms with Crippen molar-refractivity contribution in [3.63, 3.8) is 0 Å². The van der Waals surface area contributed by atoms with Crippen LogP contribution in [0, 0.1) is 0 Å². The van der Waals surface area contributed by atoms with Crippen molar-refractivity contribution >= 4 is 23.8 Å². The van der Waals surface area contributed by atoms with Gasteiger partial charge in [0.05, 0.1) is 14.2 Å². The molecule has 0 heterocycles. The van der Waals surface area contributed by atoms with Gasteiger partial charge in [0, 0.05) is 51.8 Å². The molecule has 3 amide bonds. The molecule has 0 atom stereocenters. The lowest BCUT2D eigenvalue weighted by atomic mass is 10.1. The van der Waals surface area contributed by atoms with Crippen molar-refractivity contribution in [3.8, 4) is 11.5 Å². The van der Waals surface area contributed by atoms with Crippen LogP contribution < -0.4 is 14.8 Å². The molecule has 2 aromatic carbocycles. The third-order valence-electron chi connectivity index (χ3n) is 6.40. The van der Waals surface area contributed by atoms with Gasteiger partial charge in [-0.1, -0.05) is 30.3 Å². The van der Waals surface area contributed by atoms with Crippen LogP contribution in [0.3, 0.4) is 0 Å². The van der Waals surface area contributed by atoms with Gasteiger partial charge in [0.2, 0.25) is 17.7 Å². The second kappa shape index (κ2) is 18.3. The maximum atomic E-state index is 13.1. The molecular weight excluding hydrogens is 506 g/mol. The molecule has 40 heavy (non-hydrogen) atoms. The maximum absolute atomic E-state index is 13.1. The zero-order valence-electron chi connectivity index (χ0n) is 24.2. The van der Waals surface area contributed by atoms with Crippen LogP contribution in [0.25, 0.3) is 6.08 Å². The predicted octanol–water partition coefficient (Wildman–Crippen LogP) is 4.85. The van der Waals surface area contributed by atoms with Gasteiger partial charge in [-0.15, -0.1) is 0 Å². The number of carbonyl (C=O) groups excluding carboxylic acids is 3. The van der Waals surface area contributed by atoms with Crippen molar-refractivity contribution in [1.29, 1.82) is 0 Å². The van der Waals surface area contributed by atoms with Crippen LogP contribution in [0.15, 0.2) is 66.9 Å². The number of hydrogen-bond acceptors (Lipinski definition) is 5. The van der Waals surface area contributed by atoms with Crippen LogP contribution in [-0.4, -0.2) is 67.9 Å². The molecule has 0 saturated heterocycles. The number of unbranched alkanes of at least 4 members (excludes halogenated alkanes) is 1. The molecule has 8 nitrogen and oxygen atoms in total. The van der Waals surface area contributed by atoms with E-state index < -0.39 is 0 Å². The van der Waals surface area contributed by atoms with Gasteiger partial charge in [0.1, 0.15) is 11.5 Å². The van der Waals surface area contributed by atoms with Crippen LogP contribution in [-0.2, 0) is 20.8 Å². The summed E-state index contributed by atoms with van der Waals surface area (Å²) >= 11 is 0. The molecule has 8 heteroatoms. The van der Waals surface area contributed by atoms with Gasteiger partial charge in [-0.3, -0.25) is 14.4 Å². The van der Waals surface area contributed by atoms with E-state index in [4.69, 9.17) is 9.47 Å². The van der Waals surface area contributed by atoms with Crippen LogP contribution in [0.1, 0.15) is 50.7 Å². The molecule has 0 aliphatic heterocycles. The Hall–Kier alpha value is -4.07. The van der Waals surface area contributed by atoms with Crippen LogP contribution in [0.5, 0.6) is 11.5 Å². The van der Waals surface area contributed by atoms with E-state index in [1.54, 1.807) is 38.3 Å². The van der Waals surface area contributed by atoms with E-state index in [-0.39, 0.29) is 17.7 Å². The maximum Gasteiger partial charge on any atom is 0.244 e. The summed E-state index contributed by atoms with van der Waals surface area (Å²) in [5, 5.41) is 2.90. The Morgan fingerprint density at radius 2 is 1.45 bits per heavy atom. The Morgan fingerprint density at radius 1 is 0.850 bits per heavy atom. The van der Waals surface area contributed by atoms with Crippen molar-refractivity contribution in [2.75, 3.05) is 40.4 Å². The molecule has 0 fully saturated rings. The molecular formula is C32H43N3O5. The lowest BCUT2D eigenvalue weighted by molar-refractivity contribution is -0.131. The highest BCUT2D eigenvalue weighted by molar-refractivity contribution is 5.91. The fourth-order valence-corrected chi connectivity index (χ4v) is 4.09. The summed E-state index contributed by atoms with van der Waals surface area (Å²) in [4.78, 5) is 40.7. The van der Waals surface area contributed by atoms with E-state index in [0.29, 0.717) is 45.4 Å². The first-order valence-electron chi connectivity index (χ1n) is 13.8. The first kappa shape index (κ1) is 32.1. The topological polar surface area (TPSA) is 88.2 Å². The Morgan fingerprint density at radius 3 is 2.05 bits per heavy atom. The van der Waals surface area contributed by atoms with Gasteiger partial charge >= 0.3 is 0 Å². The van der Waals surface area contributed by atoms with Gasteiger partial charge in [0.15, 0.2) is 0 Å². The molecule has 216 valence electrons. The standard InChI is InChI=1S/C32H43N3O5/c1-5-22-34(26(2)36)23-6-7-24-35(32(38)20-14-28-11-17-30(40-4)18-12-28)25-8-21-33-31(37)19-13-27-9-15-29(39-3)16-10-27/h5,9-13,15-19,22H,6-8,14,20-21,23-25H2,1-4H3,(H,33,37). The summed E-state index contributed by atoms with van der Waals surface area (Å²) < 4.78 is 10.4. The second-order valence-electron chi connectivity index (χ2n) is 9.38. The van der Waals surface area contributed by atoms with Gasteiger partial charge < -0.3 is 24.6 Å². The van der Waals surface area contributed by atoms with Crippen molar-refractivity contribution in [1.82, 2.24) is 15.1 Å². The van der Waals surface area contributed by atoms with E-state index >= 15 is 0 Å². The lowest BCUT2D eigenvalue weighted by Gasteiger charge is -2.24. The summed E-state index contributed by atoms with van der Waals surface area (Å²) in [7, 11) is 3.24. The highest BCUT2D eigenvalue weighted by Crippen LogP contribution is 2.14. The predicted molar refractivity (Wildman–Crippen MR) is 159 cm³/mol. The fourth-order valence-electron chi connectivity index (χ4n) is 4.09. The molecule has 2 aromatic rings. The number of hydrogen-bond donors (Lipinski definition) is 1. The number of methoxy groups -OCH3 is 2. The molecule has 1 N–H and O–H groups in total. The molecule has 0 radical (unpaired) electrons. The highest BCUT2D eigenvalue weighted by atomic mass is 16.5. The Kier molecular flexibility index (Phi) is 14.7. The normalized spacial score (nSPS) is 11.0. The molecule has 0 spiro atoms. The number of allylic oxidation sites excluding steroid dienone is 1. The van der Waals surface area contributed by atoms with Gasteiger partial charge in [-0.2, -0.15) is 0 Å². The summed E-state index contributed by atoms with van der Waals surface area (Å²) in [5.41, 5.74) is 1.98. The molecule has 0 saturated carbocycles. The monoisotopic (exact) mass is 549 g/mol. The molecule has 0 bridgehead atoms. The van der Waals surface area contributed by atoms with Gasteiger partial charge in [0.25, 0.3) is 0 Å². The second-order valence-corrected chi connectivity index (χ2v) is 9.38. The Bertz CT molecular complexity index is 1110. The molecule has 0 unspecified atom stereocenters. The third-order valence-corrected chi connectivity index (χ3v) is 6.40. The zero-order valence-corrected chi connectivity index (χ0v) is 24.2. The van der Waals surface area contributed by atoms with E-state index in [1.807, 2.05) is 66.4 Å². The minimum atomic E-state index is -0.179. The summed E-state index contributed by atoms with van der Waals surface area (Å²) in [6.07, 6.45) is 10.2. The average molecular weight is 550 g/mol. The molecule has 0 aliphatic rings. The van der Waals surface area contributed by atoms with Gasteiger partial charge in [-0.05, 0) is 74.1 Å². The molecule has 2 rings (SSSR count). The first-order chi connectivity index (χ1) is 19.4. The van der Waals surface area contributed by atoms with E-state index in [2.05, 4.69) is 5.32 Å². The van der Waals surface area contributed by atoms with Crippen LogP contribution in [0.2, 0.25) is 0 Å². The number of rotatable bonds is 17. The minimum Gasteiger partial charge on any atom is -0.497 e. The first-order valence-corrected chi connectivity index (χ1v) is 13.8. The Labute approximate surface area is 238 Å². The lowest BCUT2D eigenvalue weighted by Crippen LogP contribution is -2.35. The summed E-state index contributed by atoms with van der Waals surface area (Å²) in [6.45, 7) is 5.67. The highest BCUT2D eigenvalue weighted by Gasteiger charge is 2.14. The third kappa shape index (κ3) is 12.2. The van der Waals surface area contributed by atoms with Crippen molar-refractivity contribution < 1.29 is 23.9 Å². The number of nitrogens with zero attached hydrogens (tertiary/aromatic N) is 2. The quantitative estimate of drug-likeness (QED) is 0.225. The fraction of sp³-hybridized carbons (Fsp3) is 0.406. The van der Waals surface area contributed by atoms with Crippen molar-refractivity contribution in [2.24, 2.45) is 0 Å².